The highest BCUT2D eigenvalue weighted by molar-refractivity contribution is 9.10. The van der Waals surface area contributed by atoms with Crippen LogP contribution in [0.5, 0.6) is 0 Å². The molecule has 0 fully saturated rings. The van der Waals surface area contributed by atoms with Gasteiger partial charge in [0.2, 0.25) is 0 Å². The number of aryl methyl sites for hydroxylation is 2. The summed E-state index contributed by atoms with van der Waals surface area (Å²) < 4.78 is 0.793. The van der Waals surface area contributed by atoms with Gasteiger partial charge < -0.3 is 10.4 Å². The van der Waals surface area contributed by atoms with Gasteiger partial charge in [-0.25, -0.2) is 4.79 Å². The molecular formula is C16H14BrNO3. The zero-order valence-electron chi connectivity index (χ0n) is 11.6. The number of halogens is 1. The fourth-order valence-electron chi connectivity index (χ4n) is 2.03. The summed E-state index contributed by atoms with van der Waals surface area (Å²) in [6.45, 7) is 3.59. The molecule has 0 atom stereocenters. The lowest BCUT2D eigenvalue weighted by Gasteiger charge is -2.13. The molecule has 108 valence electrons. The van der Waals surface area contributed by atoms with Crippen molar-refractivity contribution in [2.24, 2.45) is 0 Å². The lowest BCUT2D eigenvalue weighted by atomic mass is 10.1. The number of carboxylic acid groups (broad SMARTS) is 1. The molecule has 0 unspecified atom stereocenters. The maximum absolute atomic E-state index is 12.4. The summed E-state index contributed by atoms with van der Waals surface area (Å²) in [5, 5.41) is 11.9. The van der Waals surface area contributed by atoms with E-state index in [1.807, 2.05) is 19.1 Å². The summed E-state index contributed by atoms with van der Waals surface area (Å²) in [5.41, 5.74) is 2.44. The molecule has 0 saturated heterocycles. The predicted molar refractivity (Wildman–Crippen MR) is 85.0 cm³/mol. The monoisotopic (exact) mass is 347 g/mol. The van der Waals surface area contributed by atoms with Crippen molar-refractivity contribution < 1.29 is 14.7 Å². The number of carbonyl (C=O) groups is 2. The molecule has 0 aliphatic heterocycles. The number of hydrogen-bond donors (Lipinski definition) is 2. The summed E-state index contributed by atoms with van der Waals surface area (Å²) in [4.78, 5) is 23.6. The van der Waals surface area contributed by atoms with Crippen LogP contribution in [0, 0.1) is 13.8 Å². The van der Waals surface area contributed by atoms with E-state index >= 15 is 0 Å². The van der Waals surface area contributed by atoms with E-state index in [-0.39, 0.29) is 11.5 Å². The van der Waals surface area contributed by atoms with Crippen LogP contribution in [0.15, 0.2) is 40.9 Å². The largest absolute Gasteiger partial charge is 0.478 e. The summed E-state index contributed by atoms with van der Waals surface area (Å²) in [5.74, 6) is -1.40. The Bertz CT molecular complexity index is 725. The van der Waals surface area contributed by atoms with Gasteiger partial charge in [-0.05, 0) is 43.2 Å². The van der Waals surface area contributed by atoms with E-state index in [0.717, 1.165) is 10.0 Å². The van der Waals surface area contributed by atoms with Gasteiger partial charge in [0, 0.05) is 10.0 Å². The van der Waals surface area contributed by atoms with Gasteiger partial charge in [-0.15, -0.1) is 0 Å². The molecule has 2 aromatic carbocycles. The normalized spacial score (nSPS) is 10.2. The average molecular weight is 348 g/mol. The molecule has 0 aliphatic carbocycles. The van der Waals surface area contributed by atoms with Crippen molar-refractivity contribution in [1.82, 2.24) is 0 Å². The Morgan fingerprint density at radius 2 is 1.76 bits per heavy atom. The summed E-state index contributed by atoms with van der Waals surface area (Å²) in [7, 11) is 0. The first-order valence-electron chi connectivity index (χ1n) is 6.30. The van der Waals surface area contributed by atoms with Crippen LogP contribution in [0.1, 0.15) is 31.8 Å². The third kappa shape index (κ3) is 3.31. The van der Waals surface area contributed by atoms with E-state index in [4.69, 9.17) is 0 Å². The van der Waals surface area contributed by atoms with E-state index < -0.39 is 5.97 Å². The van der Waals surface area contributed by atoms with Crippen LogP contribution in [-0.4, -0.2) is 17.0 Å². The molecule has 1 amide bonds. The topological polar surface area (TPSA) is 66.4 Å². The van der Waals surface area contributed by atoms with Crippen molar-refractivity contribution in [3.05, 3.63) is 63.1 Å². The molecule has 0 spiro atoms. The lowest BCUT2D eigenvalue weighted by molar-refractivity contribution is 0.0698. The van der Waals surface area contributed by atoms with Crippen LogP contribution in [-0.2, 0) is 0 Å². The minimum atomic E-state index is -1.07. The zero-order chi connectivity index (χ0) is 15.6. The molecule has 0 aromatic heterocycles. The maximum atomic E-state index is 12.4. The third-order valence-electron chi connectivity index (χ3n) is 3.19. The fourth-order valence-corrected chi connectivity index (χ4v) is 2.39. The molecule has 21 heavy (non-hydrogen) atoms. The highest BCUT2D eigenvalue weighted by Crippen LogP contribution is 2.23. The highest BCUT2D eigenvalue weighted by Gasteiger charge is 2.16. The molecule has 0 saturated carbocycles. The van der Waals surface area contributed by atoms with Gasteiger partial charge >= 0.3 is 5.97 Å². The summed E-state index contributed by atoms with van der Waals surface area (Å²) >= 11 is 3.33. The lowest BCUT2D eigenvalue weighted by Crippen LogP contribution is -2.17. The van der Waals surface area contributed by atoms with Crippen molar-refractivity contribution in [2.45, 2.75) is 13.8 Å². The first-order valence-corrected chi connectivity index (χ1v) is 7.10. The number of para-hydroxylation sites is 1. The number of benzene rings is 2. The number of aromatic carboxylic acids is 1. The zero-order valence-corrected chi connectivity index (χ0v) is 13.2. The Labute approximate surface area is 130 Å². The van der Waals surface area contributed by atoms with Gasteiger partial charge in [0.1, 0.15) is 0 Å². The second-order valence-electron chi connectivity index (χ2n) is 4.72. The van der Waals surface area contributed by atoms with Crippen LogP contribution >= 0.6 is 15.9 Å². The predicted octanol–water partition coefficient (Wildman–Crippen LogP) is 4.02. The van der Waals surface area contributed by atoms with Gasteiger partial charge in [-0.1, -0.05) is 34.1 Å². The SMILES string of the molecule is Cc1ccc(Br)cc1C(=O)Nc1c(C)cccc1C(=O)O. The first kappa shape index (κ1) is 15.3. The molecule has 0 radical (unpaired) electrons. The number of amides is 1. The molecule has 0 heterocycles. The quantitative estimate of drug-likeness (QED) is 0.881. The average Bonchev–Trinajstić information content (AvgIpc) is 2.43. The van der Waals surface area contributed by atoms with Crippen LogP contribution in [0.3, 0.4) is 0 Å². The number of anilines is 1. The molecule has 2 N–H and O–H groups in total. The molecule has 0 bridgehead atoms. The van der Waals surface area contributed by atoms with Crippen LogP contribution in [0.25, 0.3) is 0 Å². The Balaban J connectivity index is 2.41. The Hall–Kier alpha value is -2.14. The number of hydrogen-bond acceptors (Lipinski definition) is 2. The van der Waals surface area contributed by atoms with Crippen molar-refractivity contribution in [2.75, 3.05) is 5.32 Å². The molecule has 2 rings (SSSR count). The number of rotatable bonds is 3. The first-order chi connectivity index (χ1) is 9.90. The standard InChI is InChI=1S/C16H14BrNO3/c1-9-6-7-11(17)8-13(9)15(19)18-14-10(2)4-3-5-12(14)16(20)21/h3-8H,1-2H3,(H,18,19)(H,20,21). The second kappa shape index (κ2) is 6.10. The van der Waals surface area contributed by atoms with Crippen LogP contribution < -0.4 is 5.32 Å². The van der Waals surface area contributed by atoms with Crippen molar-refractivity contribution in [1.29, 1.82) is 0 Å². The van der Waals surface area contributed by atoms with Gasteiger partial charge in [0.05, 0.1) is 11.3 Å². The second-order valence-corrected chi connectivity index (χ2v) is 5.63. The molecular weight excluding hydrogens is 334 g/mol. The van der Waals surface area contributed by atoms with E-state index in [2.05, 4.69) is 21.2 Å². The molecule has 5 heteroatoms. The number of carbonyl (C=O) groups excluding carboxylic acids is 1. The Morgan fingerprint density at radius 3 is 2.43 bits per heavy atom. The Morgan fingerprint density at radius 1 is 1.05 bits per heavy atom. The van der Waals surface area contributed by atoms with E-state index in [9.17, 15) is 14.7 Å². The van der Waals surface area contributed by atoms with Crippen molar-refractivity contribution >= 4 is 33.5 Å². The van der Waals surface area contributed by atoms with Crippen molar-refractivity contribution in [3.63, 3.8) is 0 Å². The van der Waals surface area contributed by atoms with E-state index in [0.29, 0.717) is 16.8 Å². The van der Waals surface area contributed by atoms with Crippen molar-refractivity contribution in [3.8, 4) is 0 Å². The molecule has 0 aliphatic rings. The minimum Gasteiger partial charge on any atom is -0.478 e. The van der Waals surface area contributed by atoms with E-state index in [1.54, 1.807) is 25.1 Å². The van der Waals surface area contributed by atoms with Gasteiger partial charge in [0.15, 0.2) is 0 Å². The van der Waals surface area contributed by atoms with Crippen LogP contribution in [0.4, 0.5) is 5.69 Å². The maximum Gasteiger partial charge on any atom is 0.337 e. The van der Waals surface area contributed by atoms with Gasteiger partial charge in [0.25, 0.3) is 5.91 Å². The number of carboxylic acids is 1. The van der Waals surface area contributed by atoms with E-state index in [1.165, 1.54) is 6.07 Å². The highest BCUT2D eigenvalue weighted by atomic mass is 79.9. The van der Waals surface area contributed by atoms with Gasteiger partial charge in [-0.3, -0.25) is 4.79 Å². The summed E-state index contributed by atoms with van der Waals surface area (Å²) in [6.07, 6.45) is 0. The third-order valence-corrected chi connectivity index (χ3v) is 3.68. The molecule has 4 nitrogen and oxygen atoms in total. The Kier molecular flexibility index (Phi) is 4.43. The minimum absolute atomic E-state index is 0.0796. The summed E-state index contributed by atoms with van der Waals surface area (Å²) in [6, 6.07) is 10.3. The fraction of sp³-hybridized carbons (Fsp3) is 0.125. The number of nitrogens with one attached hydrogen (secondary N) is 1. The smallest absolute Gasteiger partial charge is 0.337 e. The molecule has 2 aromatic rings. The van der Waals surface area contributed by atoms with Crippen LogP contribution in [0.2, 0.25) is 0 Å². The van der Waals surface area contributed by atoms with Gasteiger partial charge in [-0.2, -0.15) is 0 Å².